The van der Waals surface area contributed by atoms with E-state index in [0.717, 1.165) is 11.1 Å². The second-order valence-corrected chi connectivity index (χ2v) is 26.0. The summed E-state index contributed by atoms with van der Waals surface area (Å²) in [7, 11) is -1.57. The van der Waals surface area contributed by atoms with Crippen LogP contribution < -0.4 is 21.2 Å². The summed E-state index contributed by atoms with van der Waals surface area (Å²) in [6.45, 7) is 0. The molecule has 0 N–H and O–H groups in total. The van der Waals surface area contributed by atoms with E-state index < -0.39 is 15.8 Å². The standard InChI is InChI=1S/2C27H17.C26H24P2.2Au/c2*1-2-20-17-18-24-23-15-9-10-16-25(23)27(26(24)19-20,21-11-5-3-6-12-21)22-13-7-4-8-14-22;1-5-13-23(14-6-1)27(24-15-7-2-8-16-24)21-22-28(25-17-9-3-10-18-25)26-19-11-4-12-20-26;;/h2*3-19H;1-20H,21-22H2;;/q2*-1;;2*+1/p+2. The zero-order chi connectivity index (χ0) is 55.6. The molecule has 0 saturated carbocycles. The second-order valence-electron chi connectivity index (χ2n) is 20.7. The Morgan fingerprint density at radius 1 is 0.250 bits per heavy atom. The Kier molecular flexibility index (Phi) is 19.5. The molecule has 0 bridgehead atoms. The molecule has 0 nitrogen and oxygen atoms in total. The molecule has 0 aliphatic heterocycles. The summed E-state index contributed by atoms with van der Waals surface area (Å²) in [5.41, 5.74) is 15.8. The minimum Gasteiger partial charge on any atom is -0.366 e. The van der Waals surface area contributed by atoms with Crippen LogP contribution >= 0.6 is 15.8 Å². The minimum atomic E-state index is -0.783. The van der Waals surface area contributed by atoms with E-state index in [4.69, 9.17) is 12.8 Å². The van der Waals surface area contributed by atoms with Crippen molar-refractivity contribution in [1.82, 2.24) is 0 Å². The van der Waals surface area contributed by atoms with Gasteiger partial charge in [0.05, 0.1) is 47.9 Å². The molecular formula is C80H60Au2P2+2. The van der Waals surface area contributed by atoms with Gasteiger partial charge < -0.3 is 12.8 Å². The first-order valence-corrected chi connectivity index (χ1v) is 31.5. The molecule has 0 saturated heterocycles. The van der Waals surface area contributed by atoms with Crippen LogP contribution in [0.1, 0.15) is 55.6 Å². The Morgan fingerprint density at radius 2 is 0.476 bits per heavy atom. The molecule has 0 amide bonds. The molecule has 0 heterocycles. The zero-order valence-electron chi connectivity index (χ0n) is 46.2. The molecule has 84 heavy (non-hydrogen) atoms. The maximum Gasteiger partial charge on any atom is 1.00 e. The monoisotopic (exact) mass is 1480 g/mol. The van der Waals surface area contributed by atoms with E-state index in [2.05, 4.69) is 327 Å². The molecule has 0 atom stereocenters. The summed E-state index contributed by atoms with van der Waals surface area (Å²) in [6, 6.07) is 117. The molecule has 0 aromatic heterocycles. The van der Waals surface area contributed by atoms with Crippen molar-refractivity contribution in [3.05, 3.63) is 396 Å². The van der Waals surface area contributed by atoms with Gasteiger partial charge in [0.15, 0.2) is 0 Å². The molecule has 12 aromatic rings. The molecule has 0 unspecified atom stereocenters. The number of rotatable bonds is 11. The van der Waals surface area contributed by atoms with Gasteiger partial charge in [-0.3, -0.25) is 11.8 Å². The molecule has 0 fully saturated rings. The molecular weight excluding hydrogens is 1420 g/mol. The summed E-state index contributed by atoms with van der Waals surface area (Å²) in [5, 5.41) is 6.06. The van der Waals surface area contributed by atoms with Crippen LogP contribution in [0.5, 0.6) is 0 Å². The number of fused-ring (bicyclic) bond motifs is 6. The van der Waals surface area contributed by atoms with Crippen LogP contribution in [0.4, 0.5) is 0 Å². The van der Waals surface area contributed by atoms with E-state index in [0.29, 0.717) is 0 Å². The van der Waals surface area contributed by atoms with Crippen molar-refractivity contribution in [2.75, 3.05) is 12.3 Å². The average molecular weight is 1480 g/mol. The first-order chi connectivity index (χ1) is 40.6. The van der Waals surface area contributed by atoms with Crippen molar-refractivity contribution in [3.8, 4) is 34.1 Å². The normalized spacial score (nSPS) is 12.3. The van der Waals surface area contributed by atoms with Crippen molar-refractivity contribution in [1.29, 1.82) is 0 Å². The fraction of sp³-hybridized carbons (Fsp3) is 0.0500. The number of hydrogen-bond acceptors (Lipinski definition) is 0. The Morgan fingerprint density at radius 3 is 0.738 bits per heavy atom. The van der Waals surface area contributed by atoms with Gasteiger partial charge in [-0.1, -0.05) is 255 Å². The maximum absolute atomic E-state index is 7.66. The smallest absolute Gasteiger partial charge is 0.366 e. The Labute approximate surface area is 530 Å². The second kappa shape index (κ2) is 27.7. The van der Waals surface area contributed by atoms with Crippen LogP contribution in [0.15, 0.2) is 328 Å². The van der Waals surface area contributed by atoms with E-state index >= 15 is 0 Å². The van der Waals surface area contributed by atoms with Gasteiger partial charge in [0.25, 0.3) is 0 Å². The number of benzene rings is 12. The van der Waals surface area contributed by atoms with Gasteiger partial charge in [-0.05, 0) is 115 Å². The van der Waals surface area contributed by atoms with Gasteiger partial charge in [-0.15, -0.1) is 35.4 Å². The summed E-state index contributed by atoms with van der Waals surface area (Å²) in [5.74, 6) is 5.15. The van der Waals surface area contributed by atoms with E-state index in [1.165, 1.54) is 100 Å². The molecule has 2 aliphatic carbocycles. The van der Waals surface area contributed by atoms with Gasteiger partial charge in [0.2, 0.25) is 0 Å². The molecule has 0 spiro atoms. The first kappa shape index (κ1) is 59.3. The van der Waals surface area contributed by atoms with Gasteiger partial charge in [-0.25, -0.2) is 0 Å². The van der Waals surface area contributed by atoms with Crippen LogP contribution in [-0.4, -0.2) is 12.3 Å². The third-order valence-corrected chi connectivity index (χ3v) is 22.4. The molecule has 410 valence electrons. The maximum atomic E-state index is 7.66. The topological polar surface area (TPSA) is 0 Å². The van der Waals surface area contributed by atoms with E-state index in [-0.39, 0.29) is 55.6 Å². The largest absolute Gasteiger partial charge is 1.00 e. The van der Waals surface area contributed by atoms with Crippen molar-refractivity contribution < 1.29 is 44.8 Å². The summed E-state index contributed by atoms with van der Waals surface area (Å²) in [6.07, 6.45) is 17.8. The predicted octanol–water partition coefficient (Wildman–Crippen LogP) is 16.7. The molecule has 0 radical (unpaired) electrons. The molecule has 2 aliphatic rings. The third kappa shape index (κ3) is 11.6. The van der Waals surface area contributed by atoms with E-state index in [1.54, 1.807) is 0 Å². The zero-order valence-corrected chi connectivity index (χ0v) is 52.5. The fourth-order valence-corrected chi connectivity index (χ4v) is 19.0. The van der Waals surface area contributed by atoms with Gasteiger partial charge in [0.1, 0.15) is 12.3 Å². The minimum absolute atomic E-state index is 0. The van der Waals surface area contributed by atoms with Crippen LogP contribution in [0.2, 0.25) is 0 Å². The summed E-state index contributed by atoms with van der Waals surface area (Å²) >= 11 is 0. The van der Waals surface area contributed by atoms with Gasteiger partial charge in [-0.2, -0.15) is 0 Å². The molecule has 14 rings (SSSR count). The van der Waals surface area contributed by atoms with Crippen molar-refractivity contribution in [3.63, 3.8) is 0 Å². The quantitative estimate of drug-likeness (QED) is 0.0524. The summed E-state index contributed by atoms with van der Waals surface area (Å²) < 4.78 is 0. The van der Waals surface area contributed by atoms with Crippen molar-refractivity contribution >= 4 is 37.1 Å². The third-order valence-electron chi connectivity index (χ3n) is 16.3. The SMILES string of the molecule is [Au+].[Au+].[C-]#Cc1ccc2c(c1)C(c1ccccc1)(c1ccccc1)c1ccccc1-2.[C-]#Cc1ccc2c(c1)C(c1ccccc1)(c1ccccc1)c1ccccc1-2.c1ccc([PH+](CC[PH+](c2ccccc2)c2ccccc2)c2ccccc2)cc1. The summed E-state index contributed by atoms with van der Waals surface area (Å²) in [4.78, 5) is 0. The van der Waals surface area contributed by atoms with Crippen molar-refractivity contribution in [2.24, 2.45) is 0 Å². The Hall–Kier alpha value is -7.90. The first-order valence-electron chi connectivity index (χ1n) is 28.1. The molecule has 4 heteroatoms. The van der Waals surface area contributed by atoms with Crippen LogP contribution in [0.25, 0.3) is 22.3 Å². The predicted molar refractivity (Wildman–Crippen MR) is 351 cm³/mol. The van der Waals surface area contributed by atoms with Gasteiger partial charge in [0, 0.05) is 0 Å². The van der Waals surface area contributed by atoms with E-state index in [9.17, 15) is 0 Å². The van der Waals surface area contributed by atoms with Crippen LogP contribution in [0.3, 0.4) is 0 Å². The Balaban J connectivity index is 0.000000139. The van der Waals surface area contributed by atoms with Crippen LogP contribution in [0, 0.1) is 24.7 Å². The van der Waals surface area contributed by atoms with Gasteiger partial charge >= 0.3 is 44.8 Å². The van der Waals surface area contributed by atoms with Crippen LogP contribution in [-0.2, 0) is 55.6 Å². The Bertz CT molecular complexity index is 3730. The fourth-order valence-electron chi connectivity index (χ4n) is 12.8. The number of hydrogen-bond donors (Lipinski definition) is 0. The van der Waals surface area contributed by atoms with Crippen molar-refractivity contribution in [2.45, 2.75) is 10.8 Å². The molecule has 12 aromatic carbocycles. The van der Waals surface area contributed by atoms with E-state index in [1.807, 2.05) is 12.1 Å². The average Bonchev–Trinajstić information content (AvgIpc) is 1.77.